The minimum absolute atomic E-state index is 0.00694. The number of primary amides is 1. The maximum Gasteiger partial charge on any atom is 0.277 e. The molecule has 1 heterocycles. The lowest BCUT2D eigenvalue weighted by Gasteiger charge is -1.79. The number of hydrogen-bond acceptors (Lipinski definition) is 3. The van der Waals surface area contributed by atoms with Crippen molar-refractivity contribution in [1.29, 1.82) is 0 Å². The molecule has 1 aromatic heterocycles. The van der Waals surface area contributed by atoms with Crippen molar-refractivity contribution < 1.29 is 9.18 Å². The van der Waals surface area contributed by atoms with Gasteiger partial charge in [-0.25, -0.2) is 4.98 Å². The van der Waals surface area contributed by atoms with Crippen LogP contribution in [0.4, 0.5) is 4.39 Å². The van der Waals surface area contributed by atoms with Crippen LogP contribution in [0, 0.1) is 5.95 Å². The van der Waals surface area contributed by atoms with Crippen LogP contribution in [-0.2, 0) is 0 Å². The molecule has 0 atom stereocenters. The molecule has 0 aromatic carbocycles. The zero-order valence-corrected chi connectivity index (χ0v) is 5.11. The molecule has 0 aliphatic rings. The molecule has 2 N–H and O–H groups in total. The van der Waals surface area contributed by atoms with Gasteiger partial charge in [-0.1, -0.05) is 0 Å². The van der Waals surface area contributed by atoms with Crippen molar-refractivity contribution in [1.82, 2.24) is 4.98 Å². The smallest absolute Gasteiger partial charge is 0.277 e. The molecule has 48 valence electrons. The Labute approximate surface area is 54.3 Å². The van der Waals surface area contributed by atoms with Gasteiger partial charge in [0.25, 0.3) is 5.91 Å². The maximum atomic E-state index is 12.0. The van der Waals surface area contributed by atoms with Crippen molar-refractivity contribution in [3.8, 4) is 0 Å². The number of halogens is 1. The molecule has 0 aliphatic carbocycles. The van der Waals surface area contributed by atoms with Crippen LogP contribution in [-0.4, -0.2) is 10.9 Å². The Morgan fingerprint density at radius 2 is 2.56 bits per heavy atom. The highest BCUT2D eigenvalue weighted by Gasteiger charge is 2.04. The predicted molar refractivity (Wildman–Crippen MR) is 30.6 cm³/mol. The standard InChI is InChI=1S/C4H3FN2OS/c5-2-1-9-4(7-2)3(6)8/h1H,(H2,6,8). The van der Waals surface area contributed by atoms with Gasteiger partial charge in [-0.15, -0.1) is 11.3 Å². The number of carbonyl (C=O) groups excluding carboxylic acids is 1. The van der Waals surface area contributed by atoms with E-state index in [0.717, 1.165) is 16.7 Å². The predicted octanol–water partition coefficient (Wildman–Crippen LogP) is 0.381. The Kier molecular flexibility index (Phi) is 1.44. The van der Waals surface area contributed by atoms with Gasteiger partial charge in [0.05, 0.1) is 0 Å². The number of hydrogen-bond donors (Lipinski definition) is 1. The highest BCUT2D eigenvalue weighted by atomic mass is 32.1. The monoisotopic (exact) mass is 146 g/mol. The highest BCUT2D eigenvalue weighted by Crippen LogP contribution is 2.05. The Hall–Kier alpha value is -0.970. The van der Waals surface area contributed by atoms with Crippen molar-refractivity contribution in [2.45, 2.75) is 0 Å². The summed E-state index contributed by atoms with van der Waals surface area (Å²) in [6.45, 7) is 0. The molecule has 0 aliphatic heterocycles. The van der Waals surface area contributed by atoms with Gasteiger partial charge in [0.2, 0.25) is 5.95 Å². The fraction of sp³-hybridized carbons (Fsp3) is 0. The Bertz CT molecular complexity index is 234. The van der Waals surface area contributed by atoms with E-state index in [-0.39, 0.29) is 5.01 Å². The zero-order chi connectivity index (χ0) is 6.85. The molecule has 3 nitrogen and oxygen atoms in total. The summed E-state index contributed by atoms with van der Waals surface area (Å²) in [5, 5.41) is 1.13. The second kappa shape index (κ2) is 2.10. The van der Waals surface area contributed by atoms with Crippen molar-refractivity contribution in [3.05, 3.63) is 16.3 Å². The van der Waals surface area contributed by atoms with Crippen LogP contribution in [0.1, 0.15) is 9.80 Å². The first kappa shape index (κ1) is 6.15. The lowest BCUT2D eigenvalue weighted by molar-refractivity contribution is 0.0999. The molecule has 0 radical (unpaired) electrons. The molecule has 0 bridgehead atoms. The molecule has 0 saturated heterocycles. The van der Waals surface area contributed by atoms with Crippen molar-refractivity contribution in [3.63, 3.8) is 0 Å². The first-order valence-corrected chi connectivity index (χ1v) is 2.99. The number of nitrogens with two attached hydrogens (primary N) is 1. The van der Waals surface area contributed by atoms with Crippen LogP contribution >= 0.6 is 11.3 Å². The van der Waals surface area contributed by atoms with E-state index in [4.69, 9.17) is 5.73 Å². The van der Waals surface area contributed by atoms with Crippen molar-refractivity contribution >= 4 is 17.2 Å². The van der Waals surface area contributed by atoms with Gasteiger partial charge in [0.1, 0.15) is 0 Å². The quantitative estimate of drug-likeness (QED) is 0.622. The lowest BCUT2D eigenvalue weighted by atomic mass is 10.7. The Balaban J connectivity index is 2.98. The summed E-state index contributed by atoms with van der Waals surface area (Å²) in [7, 11) is 0. The number of amides is 1. The van der Waals surface area contributed by atoms with Gasteiger partial charge in [-0.05, 0) is 0 Å². The molecule has 1 amide bonds. The number of nitrogens with zero attached hydrogens (tertiary/aromatic N) is 1. The van der Waals surface area contributed by atoms with E-state index in [2.05, 4.69) is 4.98 Å². The molecule has 5 heteroatoms. The molecular formula is C4H3FN2OS. The fourth-order valence-corrected chi connectivity index (χ4v) is 0.885. The van der Waals surface area contributed by atoms with Crippen LogP contribution in [0.25, 0.3) is 0 Å². The van der Waals surface area contributed by atoms with Crippen LogP contribution in [0.3, 0.4) is 0 Å². The Morgan fingerprint density at radius 1 is 1.89 bits per heavy atom. The fourth-order valence-electron chi connectivity index (χ4n) is 0.367. The second-order valence-corrected chi connectivity index (χ2v) is 2.20. The van der Waals surface area contributed by atoms with Gasteiger partial charge >= 0.3 is 0 Å². The zero-order valence-electron chi connectivity index (χ0n) is 4.30. The Morgan fingerprint density at radius 3 is 2.78 bits per heavy atom. The summed E-state index contributed by atoms with van der Waals surface area (Å²) in [5.41, 5.74) is 4.77. The number of thiazole rings is 1. The van der Waals surface area contributed by atoms with Gasteiger partial charge in [0.15, 0.2) is 5.01 Å². The molecule has 0 unspecified atom stereocenters. The van der Waals surface area contributed by atoms with Gasteiger partial charge < -0.3 is 5.73 Å². The molecule has 0 fully saturated rings. The summed E-state index contributed by atoms with van der Waals surface area (Å²) >= 11 is 0.897. The maximum absolute atomic E-state index is 12.0. The van der Waals surface area contributed by atoms with Gasteiger partial charge in [-0.3, -0.25) is 4.79 Å². The minimum atomic E-state index is -0.691. The topological polar surface area (TPSA) is 56.0 Å². The van der Waals surface area contributed by atoms with Crippen LogP contribution in [0.5, 0.6) is 0 Å². The molecular weight excluding hydrogens is 143 g/mol. The summed E-state index contributed by atoms with van der Waals surface area (Å²) in [6.07, 6.45) is 0. The molecule has 1 rings (SSSR count). The second-order valence-electron chi connectivity index (χ2n) is 1.34. The largest absolute Gasteiger partial charge is 0.364 e. The van der Waals surface area contributed by atoms with E-state index in [1.807, 2.05) is 0 Å². The van der Waals surface area contributed by atoms with E-state index in [0.29, 0.717) is 0 Å². The normalized spacial score (nSPS) is 9.44. The molecule has 1 aromatic rings. The third kappa shape index (κ3) is 1.23. The average Bonchev–Trinajstić information content (AvgIpc) is 2.14. The van der Waals surface area contributed by atoms with E-state index >= 15 is 0 Å². The van der Waals surface area contributed by atoms with E-state index < -0.39 is 11.9 Å². The summed E-state index contributed by atoms with van der Waals surface area (Å²) < 4.78 is 12.0. The number of aromatic nitrogens is 1. The number of carbonyl (C=O) groups is 1. The highest BCUT2D eigenvalue weighted by molar-refractivity contribution is 7.11. The van der Waals surface area contributed by atoms with Gasteiger partial charge in [0, 0.05) is 5.38 Å². The SMILES string of the molecule is NC(=O)c1nc(F)cs1. The summed E-state index contributed by atoms with van der Waals surface area (Å²) in [6, 6.07) is 0. The third-order valence-electron chi connectivity index (χ3n) is 0.687. The first-order chi connectivity index (χ1) is 4.20. The lowest BCUT2D eigenvalue weighted by Crippen LogP contribution is -2.10. The molecule has 0 saturated carbocycles. The molecule has 0 spiro atoms. The van der Waals surface area contributed by atoms with E-state index in [1.165, 1.54) is 0 Å². The van der Waals surface area contributed by atoms with Crippen LogP contribution in [0.15, 0.2) is 5.38 Å². The third-order valence-corrected chi connectivity index (χ3v) is 1.52. The van der Waals surface area contributed by atoms with Crippen molar-refractivity contribution in [2.75, 3.05) is 0 Å². The summed E-state index contributed by atoms with van der Waals surface area (Å²) in [5.74, 6) is -1.35. The van der Waals surface area contributed by atoms with E-state index in [9.17, 15) is 9.18 Å². The van der Waals surface area contributed by atoms with E-state index in [1.54, 1.807) is 0 Å². The average molecular weight is 146 g/mol. The molecule has 9 heavy (non-hydrogen) atoms. The van der Waals surface area contributed by atoms with Crippen LogP contribution < -0.4 is 5.73 Å². The summed E-state index contributed by atoms with van der Waals surface area (Å²) in [4.78, 5) is 13.4. The van der Waals surface area contributed by atoms with Crippen molar-refractivity contribution in [2.24, 2.45) is 5.73 Å². The van der Waals surface area contributed by atoms with Crippen LogP contribution in [0.2, 0.25) is 0 Å². The minimum Gasteiger partial charge on any atom is -0.364 e. The first-order valence-electron chi connectivity index (χ1n) is 2.11. The van der Waals surface area contributed by atoms with Gasteiger partial charge in [-0.2, -0.15) is 4.39 Å². The number of rotatable bonds is 1.